The monoisotopic (exact) mass is 317 g/mol. The molecular weight excluding hydrogens is 299 g/mol. The number of amidine groups is 1. The van der Waals surface area contributed by atoms with E-state index in [-0.39, 0.29) is 18.1 Å². The maximum Gasteiger partial charge on any atom is 0.449 e. The maximum atomic E-state index is 12.4. The number of nitrogens with two attached hydrogens (primary N) is 1. The Kier molecular flexibility index (Phi) is 4.72. The van der Waals surface area contributed by atoms with Crippen LogP contribution in [0.15, 0.2) is 11.1 Å². The van der Waals surface area contributed by atoms with E-state index in [4.69, 9.17) is 5.73 Å². The van der Waals surface area contributed by atoms with Crippen LogP contribution in [0.1, 0.15) is 25.5 Å². The van der Waals surface area contributed by atoms with E-state index in [1.54, 1.807) is 11.8 Å². The van der Waals surface area contributed by atoms with Crippen molar-refractivity contribution in [3.63, 3.8) is 0 Å². The smallest absolute Gasteiger partial charge is 0.380 e. The molecule has 1 aromatic heterocycles. The summed E-state index contributed by atoms with van der Waals surface area (Å²) in [5.74, 6) is -1.50. The fourth-order valence-corrected chi connectivity index (χ4v) is 2.29. The summed E-state index contributed by atoms with van der Waals surface area (Å²) in [6.07, 6.45) is -2.67. The molecule has 0 bridgehead atoms. The summed E-state index contributed by atoms with van der Waals surface area (Å²) in [4.78, 5) is 17.1. The number of aliphatic imine (C=N–C) groups is 1. The molecule has 0 aromatic carbocycles. The summed E-state index contributed by atoms with van der Waals surface area (Å²) >= 11 is 0. The second-order valence-corrected chi connectivity index (χ2v) is 5.07. The number of carbonyl (C=O) groups excluding carboxylic acids is 1. The van der Waals surface area contributed by atoms with Crippen molar-refractivity contribution in [2.24, 2.45) is 10.7 Å². The van der Waals surface area contributed by atoms with Crippen molar-refractivity contribution in [1.29, 1.82) is 0 Å². The Hall–Kier alpha value is -2.06. The summed E-state index contributed by atoms with van der Waals surface area (Å²) in [6, 6.07) is 1.37. The lowest BCUT2D eigenvalue weighted by Crippen LogP contribution is -2.31. The molecule has 0 atom stereocenters. The molecule has 0 unspecified atom stereocenters. The van der Waals surface area contributed by atoms with Gasteiger partial charge in [-0.2, -0.15) is 18.3 Å². The van der Waals surface area contributed by atoms with Crippen LogP contribution in [0.25, 0.3) is 0 Å². The number of alkyl halides is 3. The van der Waals surface area contributed by atoms with Gasteiger partial charge in [0.25, 0.3) is 0 Å². The fourth-order valence-electron chi connectivity index (χ4n) is 2.29. The zero-order valence-corrected chi connectivity index (χ0v) is 12.2. The van der Waals surface area contributed by atoms with Crippen LogP contribution in [0.5, 0.6) is 0 Å². The van der Waals surface area contributed by atoms with Gasteiger partial charge in [0.1, 0.15) is 0 Å². The van der Waals surface area contributed by atoms with Gasteiger partial charge in [0.15, 0.2) is 5.82 Å². The number of carbonyl (C=O) groups is 1. The Morgan fingerprint density at radius 1 is 1.41 bits per heavy atom. The average Bonchev–Trinajstić information content (AvgIpc) is 3.07. The molecule has 122 valence electrons. The molecule has 1 saturated heterocycles. The zero-order chi connectivity index (χ0) is 16.3. The van der Waals surface area contributed by atoms with Gasteiger partial charge >= 0.3 is 6.18 Å². The van der Waals surface area contributed by atoms with Crippen molar-refractivity contribution in [1.82, 2.24) is 14.7 Å². The predicted molar refractivity (Wildman–Crippen MR) is 74.8 cm³/mol. The van der Waals surface area contributed by atoms with Crippen molar-refractivity contribution in [3.8, 4) is 0 Å². The van der Waals surface area contributed by atoms with E-state index in [2.05, 4.69) is 10.1 Å². The SMILES string of the molecule is CCn1nc(CC(=O)N2CCCC2)cc1N=C(N)C(F)(F)F. The van der Waals surface area contributed by atoms with Crippen LogP contribution >= 0.6 is 0 Å². The van der Waals surface area contributed by atoms with Crippen LogP contribution in [0.2, 0.25) is 0 Å². The Morgan fingerprint density at radius 3 is 2.59 bits per heavy atom. The normalized spacial score (nSPS) is 16.4. The first-order valence-corrected chi connectivity index (χ1v) is 7.07. The standard InChI is InChI=1S/C13H18F3N5O/c1-2-21-10(18-12(17)13(14,15)16)7-9(19-21)8-11(22)20-5-3-4-6-20/h7H,2-6,8H2,1H3,(H2,17,18). The van der Waals surface area contributed by atoms with E-state index >= 15 is 0 Å². The molecule has 1 fully saturated rings. The number of likely N-dealkylation sites (tertiary alicyclic amines) is 1. The molecule has 0 radical (unpaired) electrons. The molecule has 0 saturated carbocycles. The average molecular weight is 317 g/mol. The first kappa shape index (κ1) is 16.3. The van der Waals surface area contributed by atoms with Crippen molar-refractivity contribution in [2.45, 2.75) is 38.9 Å². The molecule has 1 aliphatic rings. The van der Waals surface area contributed by atoms with E-state index in [1.807, 2.05) is 0 Å². The number of aromatic nitrogens is 2. The summed E-state index contributed by atoms with van der Waals surface area (Å²) in [5, 5.41) is 4.11. The lowest BCUT2D eigenvalue weighted by atomic mass is 10.3. The van der Waals surface area contributed by atoms with Gasteiger partial charge < -0.3 is 10.6 Å². The summed E-state index contributed by atoms with van der Waals surface area (Å²) in [5.41, 5.74) is 5.32. The van der Waals surface area contributed by atoms with Crippen molar-refractivity contribution < 1.29 is 18.0 Å². The second kappa shape index (κ2) is 6.37. The van der Waals surface area contributed by atoms with Gasteiger partial charge in [0.2, 0.25) is 11.7 Å². The third-order valence-electron chi connectivity index (χ3n) is 3.43. The van der Waals surface area contributed by atoms with Crippen molar-refractivity contribution in [2.75, 3.05) is 13.1 Å². The molecule has 2 heterocycles. The summed E-state index contributed by atoms with van der Waals surface area (Å²) < 4.78 is 38.6. The molecule has 1 aromatic rings. The largest absolute Gasteiger partial charge is 0.449 e. The number of hydrogen-bond acceptors (Lipinski definition) is 3. The highest BCUT2D eigenvalue weighted by atomic mass is 19.4. The molecule has 0 aliphatic carbocycles. The number of nitrogens with zero attached hydrogens (tertiary/aromatic N) is 4. The third kappa shape index (κ3) is 3.77. The number of rotatable bonds is 4. The molecule has 2 N–H and O–H groups in total. The van der Waals surface area contributed by atoms with E-state index < -0.39 is 12.0 Å². The Balaban J connectivity index is 2.16. The number of aryl methyl sites for hydroxylation is 1. The first-order chi connectivity index (χ1) is 10.3. The molecule has 22 heavy (non-hydrogen) atoms. The summed E-state index contributed by atoms with van der Waals surface area (Å²) in [6.45, 7) is 3.50. The molecule has 1 amide bonds. The van der Waals surface area contributed by atoms with Gasteiger partial charge in [0.05, 0.1) is 12.1 Å². The Labute approximate surface area is 125 Å². The van der Waals surface area contributed by atoms with Crippen molar-refractivity contribution in [3.05, 3.63) is 11.8 Å². The highest BCUT2D eigenvalue weighted by Crippen LogP contribution is 2.21. The second-order valence-electron chi connectivity index (χ2n) is 5.07. The van der Waals surface area contributed by atoms with Gasteiger partial charge in [-0.3, -0.25) is 4.79 Å². The molecule has 0 spiro atoms. The molecular formula is C13H18F3N5O. The third-order valence-corrected chi connectivity index (χ3v) is 3.43. The van der Waals surface area contributed by atoms with Crippen LogP contribution in [-0.4, -0.2) is 45.7 Å². The highest BCUT2D eigenvalue weighted by molar-refractivity contribution is 5.88. The number of amides is 1. The molecule has 2 rings (SSSR count). The van der Waals surface area contributed by atoms with Crippen LogP contribution < -0.4 is 5.73 Å². The minimum Gasteiger partial charge on any atom is -0.380 e. The number of halogens is 3. The van der Waals surface area contributed by atoms with Crippen LogP contribution in [0.3, 0.4) is 0 Å². The van der Waals surface area contributed by atoms with Crippen molar-refractivity contribution >= 4 is 17.6 Å². The van der Waals surface area contributed by atoms with E-state index in [9.17, 15) is 18.0 Å². The lowest BCUT2D eigenvalue weighted by molar-refractivity contribution is -0.129. The van der Waals surface area contributed by atoms with Gasteiger partial charge in [-0.05, 0) is 19.8 Å². The minimum atomic E-state index is -4.69. The molecule has 9 heteroatoms. The number of hydrogen-bond donors (Lipinski definition) is 1. The topological polar surface area (TPSA) is 76.5 Å². The van der Waals surface area contributed by atoms with Gasteiger partial charge in [-0.1, -0.05) is 0 Å². The summed E-state index contributed by atoms with van der Waals surface area (Å²) in [7, 11) is 0. The fraction of sp³-hybridized carbons (Fsp3) is 0.615. The van der Waals surface area contributed by atoms with Crippen LogP contribution in [0.4, 0.5) is 19.0 Å². The maximum absolute atomic E-state index is 12.4. The highest BCUT2D eigenvalue weighted by Gasteiger charge is 2.34. The predicted octanol–water partition coefficient (Wildman–Crippen LogP) is 1.62. The molecule has 6 nitrogen and oxygen atoms in total. The van der Waals surface area contributed by atoms with Crippen LogP contribution in [0, 0.1) is 0 Å². The van der Waals surface area contributed by atoms with Gasteiger partial charge in [-0.25, -0.2) is 9.67 Å². The lowest BCUT2D eigenvalue weighted by Gasteiger charge is -2.13. The van der Waals surface area contributed by atoms with Crippen LogP contribution in [-0.2, 0) is 17.8 Å². The quantitative estimate of drug-likeness (QED) is 0.677. The van der Waals surface area contributed by atoms with Gasteiger partial charge in [-0.15, -0.1) is 0 Å². The van der Waals surface area contributed by atoms with E-state index in [0.717, 1.165) is 25.9 Å². The zero-order valence-electron chi connectivity index (χ0n) is 12.2. The Morgan fingerprint density at radius 2 is 2.05 bits per heavy atom. The first-order valence-electron chi connectivity index (χ1n) is 7.07. The molecule has 1 aliphatic heterocycles. The van der Waals surface area contributed by atoms with E-state index in [1.165, 1.54) is 10.7 Å². The minimum absolute atomic E-state index is 0.00143. The Bertz CT molecular complexity index is 573. The van der Waals surface area contributed by atoms with Gasteiger partial charge in [0, 0.05) is 25.7 Å². The van der Waals surface area contributed by atoms with E-state index in [0.29, 0.717) is 12.2 Å².